The number of amides is 1. The van der Waals surface area contributed by atoms with Crippen LogP contribution in [0.1, 0.15) is 40.0 Å². The summed E-state index contributed by atoms with van der Waals surface area (Å²) in [6.07, 6.45) is 2.40. The third-order valence-electron chi connectivity index (χ3n) is 2.86. The third-order valence-corrected chi connectivity index (χ3v) is 2.86. The maximum Gasteiger partial charge on any atom is 0.221 e. The minimum atomic E-state index is -0.577. The molecule has 1 aliphatic rings. The lowest BCUT2D eigenvalue weighted by molar-refractivity contribution is -0.122. The van der Waals surface area contributed by atoms with E-state index in [0.717, 1.165) is 25.9 Å². The van der Waals surface area contributed by atoms with E-state index in [2.05, 4.69) is 10.2 Å². The molecule has 16 heavy (non-hydrogen) atoms. The van der Waals surface area contributed by atoms with E-state index in [1.54, 1.807) is 0 Å². The Morgan fingerprint density at radius 2 is 2.25 bits per heavy atom. The maximum absolute atomic E-state index is 11.5. The molecule has 1 heterocycles. The molecule has 0 saturated carbocycles. The zero-order valence-corrected chi connectivity index (χ0v) is 10.6. The van der Waals surface area contributed by atoms with Crippen molar-refractivity contribution in [2.75, 3.05) is 19.6 Å². The zero-order chi connectivity index (χ0) is 12.2. The number of carbonyl (C=O) groups is 1. The Morgan fingerprint density at radius 1 is 1.56 bits per heavy atom. The lowest BCUT2D eigenvalue weighted by atomic mass is 9.95. The Labute approximate surface area is 98.0 Å². The summed E-state index contributed by atoms with van der Waals surface area (Å²) >= 11 is 0. The van der Waals surface area contributed by atoms with Crippen molar-refractivity contribution >= 4 is 5.91 Å². The fraction of sp³-hybridized carbons (Fsp3) is 0.917. The fourth-order valence-corrected chi connectivity index (χ4v) is 2.17. The molecule has 0 aromatic carbocycles. The van der Waals surface area contributed by atoms with Crippen molar-refractivity contribution < 1.29 is 9.90 Å². The summed E-state index contributed by atoms with van der Waals surface area (Å²) in [5.74, 6) is 0.0974. The molecule has 1 amide bonds. The number of piperidine rings is 1. The SMILES string of the molecule is CC(C)NC(=O)CCN1CCCC(C)(O)C1. The molecule has 0 radical (unpaired) electrons. The standard InChI is InChI=1S/C12H24N2O2/c1-10(2)13-11(15)5-8-14-7-4-6-12(3,16)9-14/h10,16H,4-9H2,1-3H3,(H,13,15). The summed E-state index contributed by atoms with van der Waals surface area (Å²) in [7, 11) is 0. The van der Waals surface area contributed by atoms with Crippen LogP contribution in [0.25, 0.3) is 0 Å². The van der Waals surface area contributed by atoms with Gasteiger partial charge in [-0.15, -0.1) is 0 Å². The third kappa shape index (κ3) is 4.94. The molecular formula is C12H24N2O2. The van der Waals surface area contributed by atoms with E-state index in [-0.39, 0.29) is 11.9 Å². The minimum Gasteiger partial charge on any atom is -0.389 e. The van der Waals surface area contributed by atoms with Crippen LogP contribution >= 0.6 is 0 Å². The molecule has 0 aromatic heterocycles. The molecule has 0 aliphatic carbocycles. The molecule has 0 aromatic rings. The number of nitrogens with zero attached hydrogens (tertiary/aromatic N) is 1. The van der Waals surface area contributed by atoms with Gasteiger partial charge >= 0.3 is 0 Å². The number of likely N-dealkylation sites (tertiary alicyclic amines) is 1. The average Bonchev–Trinajstić information content (AvgIpc) is 2.12. The van der Waals surface area contributed by atoms with Gasteiger partial charge in [0.2, 0.25) is 5.91 Å². The van der Waals surface area contributed by atoms with Crippen molar-refractivity contribution in [3.63, 3.8) is 0 Å². The van der Waals surface area contributed by atoms with Crippen LogP contribution in [0.4, 0.5) is 0 Å². The number of rotatable bonds is 4. The van der Waals surface area contributed by atoms with Crippen LogP contribution < -0.4 is 5.32 Å². The van der Waals surface area contributed by atoms with E-state index in [0.29, 0.717) is 13.0 Å². The first kappa shape index (κ1) is 13.5. The number of carbonyl (C=O) groups excluding carboxylic acids is 1. The van der Waals surface area contributed by atoms with Crippen LogP contribution in [0.5, 0.6) is 0 Å². The van der Waals surface area contributed by atoms with Crippen molar-refractivity contribution in [3.05, 3.63) is 0 Å². The second-order valence-electron chi connectivity index (χ2n) is 5.35. The van der Waals surface area contributed by atoms with Gasteiger partial charge < -0.3 is 10.4 Å². The second kappa shape index (κ2) is 5.64. The summed E-state index contributed by atoms with van der Waals surface area (Å²) in [5, 5.41) is 12.8. The number of aliphatic hydroxyl groups is 1. The molecule has 2 N–H and O–H groups in total. The van der Waals surface area contributed by atoms with Gasteiger partial charge in [-0.3, -0.25) is 9.69 Å². The first-order valence-electron chi connectivity index (χ1n) is 6.13. The molecule has 0 spiro atoms. The molecule has 1 rings (SSSR count). The molecule has 4 heteroatoms. The average molecular weight is 228 g/mol. The first-order valence-corrected chi connectivity index (χ1v) is 6.13. The van der Waals surface area contributed by atoms with E-state index in [4.69, 9.17) is 0 Å². The lowest BCUT2D eigenvalue weighted by Crippen LogP contribution is -2.47. The van der Waals surface area contributed by atoms with E-state index in [1.807, 2.05) is 20.8 Å². The highest BCUT2D eigenvalue weighted by molar-refractivity contribution is 5.76. The van der Waals surface area contributed by atoms with E-state index in [9.17, 15) is 9.90 Å². The summed E-state index contributed by atoms with van der Waals surface area (Å²) in [5.41, 5.74) is -0.577. The summed E-state index contributed by atoms with van der Waals surface area (Å²) in [6, 6.07) is 0.206. The normalized spacial score (nSPS) is 27.1. The van der Waals surface area contributed by atoms with Gasteiger partial charge in [0.05, 0.1) is 5.60 Å². The minimum absolute atomic E-state index is 0.0974. The number of hydrogen-bond donors (Lipinski definition) is 2. The monoisotopic (exact) mass is 228 g/mol. The largest absolute Gasteiger partial charge is 0.389 e. The van der Waals surface area contributed by atoms with Crippen LogP contribution in [0, 0.1) is 0 Å². The maximum atomic E-state index is 11.5. The predicted octanol–water partition coefficient (Wildman–Crippen LogP) is 0.748. The second-order valence-corrected chi connectivity index (χ2v) is 5.35. The van der Waals surface area contributed by atoms with Gasteiger partial charge in [-0.2, -0.15) is 0 Å². The van der Waals surface area contributed by atoms with Crippen LogP contribution in [-0.2, 0) is 4.79 Å². The zero-order valence-electron chi connectivity index (χ0n) is 10.6. The van der Waals surface area contributed by atoms with Gasteiger partial charge in [0.15, 0.2) is 0 Å². The number of hydrogen-bond acceptors (Lipinski definition) is 3. The van der Waals surface area contributed by atoms with E-state index in [1.165, 1.54) is 0 Å². The number of β-amino-alcohol motifs (C(OH)–C–C–N with tert-alkyl or cyclic N) is 1. The van der Waals surface area contributed by atoms with Crippen LogP contribution in [0.3, 0.4) is 0 Å². The van der Waals surface area contributed by atoms with Gasteiger partial charge in [-0.05, 0) is 40.2 Å². The Balaban J connectivity index is 2.24. The van der Waals surface area contributed by atoms with Gasteiger partial charge in [-0.25, -0.2) is 0 Å². The summed E-state index contributed by atoms with van der Waals surface area (Å²) in [6.45, 7) is 8.21. The molecule has 0 bridgehead atoms. The molecular weight excluding hydrogens is 204 g/mol. The van der Waals surface area contributed by atoms with Gasteiger partial charge in [0.25, 0.3) is 0 Å². The Hall–Kier alpha value is -0.610. The topological polar surface area (TPSA) is 52.6 Å². The Kier molecular flexibility index (Phi) is 4.74. The van der Waals surface area contributed by atoms with Crippen molar-refractivity contribution in [1.29, 1.82) is 0 Å². The van der Waals surface area contributed by atoms with Crippen molar-refractivity contribution in [2.24, 2.45) is 0 Å². The molecule has 1 unspecified atom stereocenters. The number of nitrogens with one attached hydrogen (secondary N) is 1. The molecule has 94 valence electrons. The highest BCUT2D eigenvalue weighted by atomic mass is 16.3. The smallest absolute Gasteiger partial charge is 0.221 e. The van der Waals surface area contributed by atoms with Crippen molar-refractivity contribution in [1.82, 2.24) is 10.2 Å². The fourth-order valence-electron chi connectivity index (χ4n) is 2.17. The van der Waals surface area contributed by atoms with E-state index >= 15 is 0 Å². The molecule has 4 nitrogen and oxygen atoms in total. The van der Waals surface area contributed by atoms with Crippen molar-refractivity contribution in [3.8, 4) is 0 Å². The van der Waals surface area contributed by atoms with Crippen molar-refractivity contribution in [2.45, 2.75) is 51.7 Å². The first-order chi connectivity index (χ1) is 7.39. The Bertz CT molecular complexity index is 239. The highest BCUT2D eigenvalue weighted by Gasteiger charge is 2.28. The van der Waals surface area contributed by atoms with Crippen LogP contribution in [0.2, 0.25) is 0 Å². The molecule has 1 saturated heterocycles. The predicted molar refractivity (Wildman–Crippen MR) is 64.2 cm³/mol. The van der Waals surface area contributed by atoms with Crippen LogP contribution in [0.15, 0.2) is 0 Å². The van der Waals surface area contributed by atoms with Gasteiger partial charge in [-0.1, -0.05) is 0 Å². The highest BCUT2D eigenvalue weighted by Crippen LogP contribution is 2.19. The molecule has 1 aliphatic heterocycles. The summed E-state index contributed by atoms with van der Waals surface area (Å²) < 4.78 is 0. The Morgan fingerprint density at radius 3 is 2.81 bits per heavy atom. The molecule has 1 atom stereocenters. The summed E-state index contributed by atoms with van der Waals surface area (Å²) in [4.78, 5) is 13.6. The van der Waals surface area contributed by atoms with Crippen LogP contribution in [-0.4, -0.2) is 47.2 Å². The molecule has 1 fully saturated rings. The van der Waals surface area contributed by atoms with Gasteiger partial charge in [0, 0.05) is 25.6 Å². The van der Waals surface area contributed by atoms with Gasteiger partial charge in [0.1, 0.15) is 0 Å². The lowest BCUT2D eigenvalue weighted by Gasteiger charge is -2.36. The van der Waals surface area contributed by atoms with E-state index < -0.39 is 5.60 Å². The quantitative estimate of drug-likeness (QED) is 0.746.